The molecule has 1 heterocycles. The third-order valence-electron chi connectivity index (χ3n) is 5.28. The highest BCUT2D eigenvalue weighted by Crippen LogP contribution is 2.40. The van der Waals surface area contributed by atoms with Crippen molar-refractivity contribution in [3.8, 4) is 6.07 Å². The maximum absolute atomic E-state index is 12.6. The average molecular weight is 419 g/mol. The first kappa shape index (κ1) is 19.9. The van der Waals surface area contributed by atoms with Gasteiger partial charge in [0.25, 0.3) is 0 Å². The highest BCUT2D eigenvalue weighted by atomic mass is 32.1. The number of urea groups is 1. The van der Waals surface area contributed by atoms with Gasteiger partial charge in [-0.25, -0.2) is 4.79 Å². The molecule has 1 aliphatic carbocycles. The zero-order valence-electron chi connectivity index (χ0n) is 16.3. The standard InChI is InChI=1S/C23H22N4O2S/c24-10-11-25-22(28)20(12-16-14-30-21-9-5-4-8-17(16)21)27-23(29)26-19-13-18(19)15-6-2-1-3-7-15/h1-9,14,18-20H,11-13H2,(H,25,28)(H2,26,27,29). The molecule has 0 bridgehead atoms. The molecular weight excluding hydrogens is 396 g/mol. The zero-order valence-corrected chi connectivity index (χ0v) is 17.1. The van der Waals surface area contributed by atoms with E-state index in [9.17, 15) is 9.59 Å². The minimum absolute atomic E-state index is 0.0668. The fourth-order valence-corrected chi connectivity index (χ4v) is 4.64. The lowest BCUT2D eigenvalue weighted by Gasteiger charge is -2.18. The minimum atomic E-state index is -0.759. The van der Waals surface area contributed by atoms with Gasteiger partial charge >= 0.3 is 6.03 Å². The first-order valence-electron chi connectivity index (χ1n) is 9.87. The maximum atomic E-state index is 12.6. The molecule has 1 aliphatic rings. The quantitative estimate of drug-likeness (QED) is 0.514. The van der Waals surface area contributed by atoms with E-state index >= 15 is 0 Å². The molecule has 3 N–H and O–H groups in total. The summed E-state index contributed by atoms with van der Waals surface area (Å²) >= 11 is 1.61. The summed E-state index contributed by atoms with van der Waals surface area (Å²) in [5.74, 6) is -0.0546. The van der Waals surface area contributed by atoms with E-state index < -0.39 is 6.04 Å². The number of nitriles is 1. The molecule has 7 heteroatoms. The van der Waals surface area contributed by atoms with Crippen LogP contribution in [-0.4, -0.2) is 30.6 Å². The van der Waals surface area contributed by atoms with Crippen LogP contribution < -0.4 is 16.0 Å². The van der Waals surface area contributed by atoms with Crippen LogP contribution in [0.25, 0.3) is 10.1 Å². The fourth-order valence-electron chi connectivity index (χ4n) is 3.66. The molecule has 6 nitrogen and oxygen atoms in total. The molecule has 0 spiro atoms. The molecule has 3 atom stereocenters. The Hall–Kier alpha value is -3.37. The molecule has 1 saturated carbocycles. The number of amides is 3. The lowest BCUT2D eigenvalue weighted by Crippen LogP contribution is -2.51. The summed E-state index contributed by atoms with van der Waals surface area (Å²) in [4.78, 5) is 25.2. The number of thiophene rings is 1. The van der Waals surface area contributed by atoms with Gasteiger partial charge in [0.2, 0.25) is 5.91 Å². The lowest BCUT2D eigenvalue weighted by molar-refractivity contribution is -0.122. The Bertz CT molecular complexity index is 1090. The second kappa shape index (κ2) is 8.97. The average Bonchev–Trinajstić information content (AvgIpc) is 3.42. The SMILES string of the molecule is N#CCNC(=O)C(Cc1csc2ccccc12)NC(=O)NC1CC1c1ccccc1. The second-order valence-corrected chi connectivity index (χ2v) is 8.28. The van der Waals surface area contributed by atoms with Crippen molar-refractivity contribution >= 4 is 33.4 Å². The van der Waals surface area contributed by atoms with Crippen molar-refractivity contribution in [3.63, 3.8) is 0 Å². The Morgan fingerprint density at radius 2 is 1.90 bits per heavy atom. The number of nitrogens with one attached hydrogen (secondary N) is 3. The Morgan fingerprint density at radius 1 is 1.13 bits per heavy atom. The van der Waals surface area contributed by atoms with E-state index in [-0.39, 0.29) is 24.5 Å². The molecule has 152 valence electrons. The van der Waals surface area contributed by atoms with E-state index in [1.807, 2.05) is 53.9 Å². The topological polar surface area (TPSA) is 94.0 Å². The molecule has 3 amide bonds. The van der Waals surface area contributed by atoms with Crippen LogP contribution in [0.1, 0.15) is 23.5 Å². The van der Waals surface area contributed by atoms with Gasteiger partial charge in [0, 0.05) is 23.1 Å². The van der Waals surface area contributed by atoms with Crippen LogP contribution in [-0.2, 0) is 11.2 Å². The predicted molar refractivity (Wildman–Crippen MR) is 117 cm³/mol. The van der Waals surface area contributed by atoms with Crippen LogP contribution in [0, 0.1) is 11.3 Å². The minimum Gasteiger partial charge on any atom is -0.341 e. The van der Waals surface area contributed by atoms with E-state index in [2.05, 4.69) is 28.1 Å². The van der Waals surface area contributed by atoms with E-state index in [4.69, 9.17) is 5.26 Å². The van der Waals surface area contributed by atoms with E-state index in [0.29, 0.717) is 12.3 Å². The molecular formula is C23H22N4O2S. The number of hydrogen-bond donors (Lipinski definition) is 3. The number of fused-ring (bicyclic) bond motifs is 1. The van der Waals surface area contributed by atoms with Gasteiger partial charge in [-0.3, -0.25) is 4.79 Å². The Kier molecular flexibility index (Phi) is 5.96. The summed E-state index contributed by atoms with van der Waals surface area (Å²) in [5, 5.41) is 20.2. The summed E-state index contributed by atoms with van der Waals surface area (Å²) in [7, 11) is 0. The zero-order chi connectivity index (χ0) is 20.9. The molecule has 0 aliphatic heterocycles. The summed E-state index contributed by atoms with van der Waals surface area (Å²) < 4.78 is 1.14. The monoisotopic (exact) mass is 418 g/mol. The number of carbonyl (C=O) groups excluding carboxylic acids is 2. The van der Waals surface area contributed by atoms with Gasteiger partial charge in [-0.2, -0.15) is 5.26 Å². The molecule has 0 saturated heterocycles. The highest BCUT2D eigenvalue weighted by molar-refractivity contribution is 7.17. The molecule has 1 aromatic heterocycles. The van der Waals surface area contributed by atoms with Crippen molar-refractivity contribution in [2.45, 2.75) is 30.8 Å². The van der Waals surface area contributed by atoms with Crippen LogP contribution in [0.5, 0.6) is 0 Å². The van der Waals surface area contributed by atoms with Crippen LogP contribution in [0.2, 0.25) is 0 Å². The van der Waals surface area contributed by atoms with Crippen molar-refractivity contribution in [2.75, 3.05) is 6.54 Å². The van der Waals surface area contributed by atoms with Gasteiger partial charge in [0.05, 0.1) is 6.07 Å². The first-order chi connectivity index (χ1) is 14.7. The van der Waals surface area contributed by atoms with E-state index in [1.165, 1.54) is 5.56 Å². The summed E-state index contributed by atoms with van der Waals surface area (Å²) in [6.45, 7) is -0.0955. The second-order valence-electron chi connectivity index (χ2n) is 7.37. The molecule has 4 rings (SSSR count). The Balaban J connectivity index is 1.41. The molecule has 0 radical (unpaired) electrons. The molecule has 3 unspecified atom stereocenters. The van der Waals surface area contributed by atoms with Gasteiger partial charge in [0.1, 0.15) is 12.6 Å². The molecule has 3 aromatic rings. The smallest absolute Gasteiger partial charge is 0.315 e. The molecule has 1 fully saturated rings. The van der Waals surface area contributed by atoms with Gasteiger partial charge in [-0.15, -0.1) is 11.3 Å². The number of hydrogen-bond acceptors (Lipinski definition) is 4. The first-order valence-corrected chi connectivity index (χ1v) is 10.8. The van der Waals surface area contributed by atoms with Crippen molar-refractivity contribution in [2.24, 2.45) is 0 Å². The highest BCUT2D eigenvalue weighted by Gasteiger charge is 2.39. The van der Waals surface area contributed by atoms with Crippen molar-refractivity contribution in [3.05, 3.63) is 71.1 Å². The van der Waals surface area contributed by atoms with E-state index in [0.717, 1.165) is 22.1 Å². The lowest BCUT2D eigenvalue weighted by atomic mass is 10.0. The van der Waals surface area contributed by atoms with E-state index in [1.54, 1.807) is 11.3 Å². The fraction of sp³-hybridized carbons (Fsp3) is 0.261. The van der Waals surface area contributed by atoms with Gasteiger partial charge in [-0.1, -0.05) is 48.5 Å². The molecule has 30 heavy (non-hydrogen) atoms. The van der Waals surface area contributed by atoms with Crippen LogP contribution in [0.4, 0.5) is 4.79 Å². The number of benzene rings is 2. The van der Waals surface area contributed by atoms with Gasteiger partial charge in [0.15, 0.2) is 0 Å². The largest absolute Gasteiger partial charge is 0.341 e. The Morgan fingerprint density at radius 3 is 2.70 bits per heavy atom. The number of rotatable bonds is 7. The van der Waals surface area contributed by atoms with Crippen LogP contribution >= 0.6 is 11.3 Å². The molecule has 2 aromatic carbocycles. The van der Waals surface area contributed by atoms with Crippen molar-refractivity contribution in [1.82, 2.24) is 16.0 Å². The van der Waals surface area contributed by atoms with Gasteiger partial charge < -0.3 is 16.0 Å². The maximum Gasteiger partial charge on any atom is 0.315 e. The van der Waals surface area contributed by atoms with Gasteiger partial charge in [-0.05, 0) is 34.4 Å². The number of carbonyl (C=O) groups is 2. The summed E-state index contributed by atoms with van der Waals surface area (Å²) in [6.07, 6.45) is 1.25. The summed E-state index contributed by atoms with van der Waals surface area (Å²) in [6, 6.07) is 18.9. The number of nitrogens with zero attached hydrogens (tertiary/aromatic N) is 1. The van der Waals surface area contributed by atoms with Crippen molar-refractivity contribution < 1.29 is 9.59 Å². The summed E-state index contributed by atoms with van der Waals surface area (Å²) in [5.41, 5.74) is 2.21. The van der Waals surface area contributed by atoms with Crippen LogP contribution in [0.15, 0.2) is 60.0 Å². The van der Waals surface area contributed by atoms with Crippen molar-refractivity contribution in [1.29, 1.82) is 5.26 Å². The Labute approximate surface area is 178 Å². The third kappa shape index (κ3) is 4.61. The third-order valence-corrected chi connectivity index (χ3v) is 6.30. The normalized spacial score (nSPS) is 18.2. The predicted octanol–water partition coefficient (Wildman–Crippen LogP) is 3.31. The van der Waals surface area contributed by atoms with Crippen LogP contribution in [0.3, 0.4) is 0 Å².